The van der Waals surface area contributed by atoms with E-state index in [2.05, 4.69) is 17.4 Å². The van der Waals surface area contributed by atoms with Crippen LogP contribution in [0.4, 0.5) is 0 Å². The molecule has 1 atom stereocenters. The highest BCUT2D eigenvalue weighted by atomic mass is 32.2. The van der Waals surface area contributed by atoms with Crippen molar-refractivity contribution in [3.8, 4) is 0 Å². The van der Waals surface area contributed by atoms with E-state index in [9.17, 15) is 13.2 Å². The van der Waals surface area contributed by atoms with Gasteiger partial charge in [0.2, 0.25) is 15.9 Å². The van der Waals surface area contributed by atoms with Gasteiger partial charge < -0.3 is 11.1 Å². The molecule has 6 nitrogen and oxygen atoms in total. The van der Waals surface area contributed by atoms with Gasteiger partial charge in [-0.25, -0.2) is 12.7 Å². The van der Waals surface area contributed by atoms with Gasteiger partial charge in [-0.3, -0.25) is 4.79 Å². The number of hydrogen-bond acceptors (Lipinski definition) is 4. The van der Waals surface area contributed by atoms with Gasteiger partial charge in [0, 0.05) is 30.9 Å². The lowest BCUT2D eigenvalue weighted by Crippen LogP contribution is -2.39. The zero-order chi connectivity index (χ0) is 22.0. The van der Waals surface area contributed by atoms with Crippen molar-refractivity contribution in [1.82, 2.24) is 9.62 Å². The maximum Gasteiger partial charge on any atom is 0.250 e. The number of benzene rings is 1. The Balaban J connectivity index is 1.42. The highest BCUT2D eigenvalue weighted by Crippen LogP contribution is 2.42. The van der Waals surface area contributed by atoms with Gasteiger partial charge in [0.05, 0.1) is 11.3 Å². The Hall–Kier alpha value is -2.38. The van der Waals surface area contributed by atoms with Crippen LogP contribution in [0.15, 0.2) is 59.5 Å². The van der Waals surface area contributed by atoms with E-state index >= 15 is 0 Å². The minimum Gasteiger partial charge on any atom is -0.366 e. The maximum atomic E-state index is 12.1. The van der Waals surface area contributed by atoms with E-state index in [0.717, 1.165) is 48.9 Å². The Morgan fingerprint density at radius 2 is 1.90 bits per heavy atom. The van der Waals surface area contributed by atoms with E-state index in [4.69, 9.17) is 5.73 Å². The van der Waals surface area contributed by atoms with E-state index < -0.39 is 15.9 Å². The number of carbonyl (C=O) groups is 1. The van der Waals surface area contributed by atoms with Crippen molar-refractivity contribution in [3.05, 3.63) is 65.0 Å². The SMILES string of the molecule is CCS(=O)(=O)N1CCC(CCC2=CNC3=C(C(N)=O)C=C(c4ccccc4)CC23)CC1. The number of allylic oxidation sites excluding steroid dienone is 2. The summed E-state index contributed by atoms with van der Waals surface area (Å²) in [5, 5.41) is 3.32. The van der Waals surface area contributed by atoms with Gasteiger partial charge >= 0.3 is 0 Å². The number of fused-ring (bicyclic) bond motifs is 1. The molecule has 2 heterocycles. The van der Waals surface area contributed by atoms with Crippen LogP contribution in [0, 0.1) is 11.8 Å². The first-order valence-electron chi connectivity index (χ1n) is 11.1. The van der Waals surface area contributed by atoms with Gasteiger partial charge in [0.15, 0.2) is 0 Å². The predicted molar refractivity (Wildman–Crippen MR) is 123 cm³/mol. The summed E-state index contributed by atoms with van der Waals surface area (Å²) in [6, 6.07) is 10.1. The highest BCUT2D eigenvalue weighted by molar-refractivity contribution is 7.89. The lowest BCUT2D eigenvalue weighted by Gasteiger charge is -2.31. The summed E-state index contributed by atoms with van der Waals surface area (Å²) in [5.41, 5.74) is 10.8. The molecule has 1 fully saturated rings. The van der Waals surface area contributed by atoms with Gasteiger partial charge in [-0.2, -0.15) is 0 Å². The molecule has 1 unspecified atom stereocenters. The molecule has 3 aliphatic rings. The molecule has 1 aliphatic carbocycles. The molecule has 1 saturated heterocycles. The zero-order valence-corrected chi connectivity index (χ0v) is 18.8. The second-order valence-corrected chi connectivity index (χ2v) is 10.9. The number of piperidine rings is 1. The second-order valence-electron chi connectivity index (χ2n) is 8.63. The van der Waals surface area contributed by atoms with Crippen LogP contribution in [-0.4, -0.2) is 37.5 Å². The average molecular weight is 442 g/mol. The fourth-order valence-electron chi connectivity index (χ4n) is 4.92. The molecule has 1 aromatic carbocycles. The summed E-state index contributed by atoms with van der Waals surface area (Å²) in [6.45, 7) is 2.95. The minimum absolute atomic E-state index is 0.156. The quantitative estimate of drug-likeness (QED) is 0.680. The topological polar surface area (TPSA) is 92.5 Å². The Morgan fingerprint density at radius 3 is 2.55 bits per heavy atom. The van der Waals surface area contributed by atoms with Crippen molar-refractivity contribution in [2.24, 2.45) is 17.6 Å². The molecular weight excluding hydrogens is 410 g/mol. The van der Waals surface area contributed by atoms with Crippen molar-refractivity contribution < 1.29 is 13.2 Å². The van der Waals surface area contributed by atoms with E-state index in [0.29, 0.717) is 24.6 Å². The molecule has 3 N–H and O–H groups in total. The normalized spacial score (nSPS) is 22.5. The van der Waals surface area contributed by atoms with Crippen LogP contribution in [0.2, 0.25) is 0 Å². The first kappa shape index (κ1) is 21.8. The predicted octanol–water partition coefficient (Wildman–Crippen LogP) is 3.16. The average Bonchev–Trinajstić information content (AvgIpc) is 3.20. The summed E-state index contributed by atoms with van der Waals surface area (Å²) in [6.07, 6.45) is 8.62. The van der Waals surface area contributed by atoms with Crippen molar-refractivity contribution in [1.29, 1.82) is 0 Å². The fraction of sp³-hybridized carbons (Fsp3) is 0.458. The van der Waals surface area contributed by atoms with E-state index in [1.54, 1.807) is 11.2 Å². The Kier molecular flexibility index (Phi) is 6.34. The van der Waals surface area contributed by atoms with Crippen LogP contribution in [0.5, 0.6) is 0 Å². The van der Waals surface area contributed by atoms with Crippen LogP contribution in [-0.2, 0) is 14.8 Å². The van der Waals surface area contributed by atoms with Crippen LogP contribution in [0.1, 0.15) is 44.6 Å². The monoisotopic (exact) mass is 441 g/mol. The smallest absolute Gasteiger partial charge is 0.250 e. The van der Waals surface area contributed by atoms with Crippen LogP contribution < -0.4 is 11.1 Å². The van der Waals surface area contributed by atoms with Gasteiger partial charge in [-0.05, 0) is 67.7 Å². The zero-order valence-electron chi connectivity index (χ0n) is 18.0. The lowest BCUT2D eigenvalue weighted by molar-refractivity contribution is -0.114. The molecule has 0 aromatic heterocycles. The van der Waals surface area contributed by atoms with E-state index in [-0.39, 0.29) is 11.7 Å². The van der Waals surface area contributed by atoms with Crippen molar-refractivity contribution in [2.75, 3.05) is 18.8 Å². The number of carbonyl (C=O) groups excluding carboxylic acids is 1. The first-order valence-corrected chi connectivity index (χ1v) is 12.7. The molecule has 166 valence electrons. The standard InChI is InChI=1S/C24H31N3O3S/c1-2-31(29,30)27-12-10-17(11-13-27)8-9-19-16-26-23-21(19)14-20(15-22(23)24(25)28)18-6-4-3-5-7-18/h3-7,15-17,21,26H,2,8-14H2,1H3,(H2,25,28). The molecule has 2 aliphatic heterocycles. The van der Waals surface area contributed by atoms with Gasteiger partial charge in [-0.15, -0.1) is 0 Å². The molecule has 0 saturated carbocycles. The highest BCUT2D eigenvalue weighted by Gasteiger charge is 2.33. The number of amides is 1. The van der Waals surface area contributed by atoms with Crippen molar-refractivity contribution >= 4 is 21.5 Å². The number of sulfonamides is 1. The second kappa shape index (κ2) is 9.01. The largest absolute Gasteiger partial charge is 0.366 e. The lowest BCUT2D eigenvalue weighted by atomic mass is 9.79. The summed E-state index contributed by atoms with van der Waals surface area (Å²) in [5.74, 6) is 0.454. The number of primary amides is 1. The van der Waals surface area contributed by atoms with Gasteiger partial charge in [-0.1, -0.05) is 30.3 Å². The number of hydrogen-bond donors (Lipinski definition) is 2. The number of nitrogens with zero attached hydrogens (tertiary/aromatic N) is 1. The minimum atomic E-state index is -3.08. The first-order chi connectivity index (χ1) is 14.9. The molecule has 7 heteroatoms. The summed E-state index contributed by atoms with van der Waals surface area (Å²) in [7, 11) is -3.08. The molecule has 1 aromatic rings. The maximum absolute atomic E-state index is 12.1. The van der Waals surface area contributed by atoms with Gasteiger partial charge in [0.25, 0.3) is 0 Å². The Morgan fingerprint density at radius 1 is 1.19 bits per heavy atom. The van der Waals surface area contributed by atoms with Crippen LogP contribution in [0.3, 0.4) is 0 Å². The Bertz CT molecular complexity index is 1030. The molecule has 31 heavy (non-hydrogen) atoms. The fourth-order valence-corrected chi connectivity index (χ4v) is 6.05. The Labute approximate surface area is 184 Å². The summed E-state index contributed by atoms with van der Waals surface area (Å²) in [4.78, 5) is 12.1. The molecule has 4 rings (SSSR count). The number of nitrogens with one attached hydrogen (secondary N) is 1. The molecule has 0 spiro atoms. The van der Waals surface area contributed by atoms with E-state index in [1.807, 2.05) is 30.5 Å². The van der Waals surface area contributed by atoms with E-state index in [1.165, 1.54) is 5.57 Å². The third-order valence-electron chi connectivity index (χ3n) is 6.82. The summed E-state index contributed by atoms with van der Waals surface area (Å²) < 4.78 is 25.8. The third kappa shape index (κ3) is 4.62. The van der Waals surface area contributed by atoms with Crippen LogP contribution >= 0.6 is 0 Å². The summed E-state index contributed by atoms with van der Waals surface area (Å²) >= 11 is 0. The van der Waals surface area contributed by atoms with Crippen molar-refractivity contribution in [3.63, 3.8) is 0 Å². The molecular formula is C24H31N3O3S. The molecule has 0 bridgehead atoms. The van der Waals surface area contributed by atoms with Crippen molar-refractivity contribution in [2.45, 2.75) is 39.0 Å². The number of rotatable bonds is 7. The number of nitrogens with two attached hydrogens (primary N) is 1. The molecule has 1 amide bonds. The molecule has 0 radical (unpaired) electrons. The van der Waals surface area contributed by atoms with Gasteiger partial charge in [0.1, 0.15) is 0 Å². The third-order valence-corrected chi connectivity index (χ3v) is 8.71. The van der Waals surface area contributed by atoms with Crippen LogP contribution in [0.25, 0.3) is 5.57 Å².